The lowest BCUT2D eigenvalue weighted by Crippen LogP contribution is -2.27. The number of hydrogen-bond donors (Lipinski definition) is 3. The third kappa shape index (κ3) is 4.63. The minimum atomic E-state index is -0.571. The Balaban J connectivity index is 2.80. The highest BCUT2D eigenvalue weighted by molar-refractivity contribution is 5.86. The molecule has 1 amide bonds. The van der Waals surface area contributed by atoms with Crippen LogP contribution in [0.5, 0.6) is 5.75 Å². The normalized spacial score (nSPS) is 11.1. The van der Waals surface area contributed by atoms with Gasteiger partial charge < -0.3 is 14.9 Å². The second-order valence-corrected chi connectivity index (χ2v) is 4.94. The summed E-state index contributed by atoms with van der Waals surface area (Å²) in [6, 6.07) is 4.54. The smallest absolute Gasteiger partial charge is 0.412 e. The van der Waals surface area contributed by atoms with E-state index >= 15 is 0 Å². The Hall–Kier alpha value is -1.75. The number of rotatable bonds is 3. The van der Waals surface area contributed by atoms with Crippen molar-refractivity contribution in [2.75, 3.05) is 11.9 Å². The number of carbonyl (C=O) groups excluding carboxylic acids is 1. The SMILES string of the molecule is CC(C)(C)OC(=O)Nc1ccc(O)cc1CCO. The fourth-order valence-electron chi connectivity index (χ4n) is 1.44. The summed E-state index contributed by atoms with van der Waals surface area (Å²) >= 11 is 0. The second kappa shape index (κ2) is 5.73. The van der Waals surface area contributed by atoms with Crippen LogP contribution in [0.1, 0.15) is 26.3 Å². The third-order valence-corrected chi connectivity index (χ3v) is 2.11. The topological polar surface area (TPSA) is 78.8 Å². The molecule has 18 heavy (non-hydrogen) atoms. The van der Waals surface area contributed by atoms with Crippen molar-refractivity contribution in [1.82, 2.24) is 0 Å². The number of aliphatic hydroxyl groups excluding tert-OH is 1. The highest BCUT2D eigenvalue weighted by atomic mass is 16.6. The van der Waals surface area contributed by atoms with Crippen molar-refractivity contribution in [3.8, 4) is 5.75 Å². The third-order valence-electron chi connectivity index (χ3n) is 2.11. The average Bonchev–Trinajstić information content (AvgIpc) is 2.20. The first-order valence-corrected chi connectivity index (χ1v) is 5.74. The Labute approximate surface area is 106 Å². The second-order valence-electron chi connectivity index (χ2n) is 4.94. The zero-order chi connectivity index (χ0) is 13.8. The number of carbonyl (C=O) groups is 1. The largest absolute Gasteiger partial charge is 0.508 e. The van der Waals surface area contributed by atoms with Crippen LogP contribution in [-0.2, 0) is 11.2 Å². The van der Waals surface area contributed by atoms with Gasteiger partial charge in [-0.25, -0.2) is 4.79 Å². The Morgan fingerprint density at radius 1 is 1.39 bits per heavy atom. The fraction of sp³-hybridized carbons (Fsp3) is 0.462. The van der Waals surface area contributed by atoms with Crippen molar-refractivity contribution in [2.45, 2.75) is 32.8 Å². The van der Waals surface area contributed by atoms with E-state index < -0.39 is 11.7 Å². The van der Waals surface area contributed by atoms with Gasteiger partial charge in [-0.1, -0.05) is 0 Å². The molecule has 0 aliphatic heterocycles. The highest BCUT2D eigenvalue weighted by Crippen LogP contribution is 2.22. The summed E-state index contributed by atoms with van der Waals surface area (Å²) in [5.74, 6) is 0.0909. The van der Waals surface area contributed by atoms with Crippen LogP contribution in [0.3, 0.4) is 0 Å². The number of aromatic hydroxyl groups is 1. The van der Waals surface area contributed by atoms with Crippen LogP contribution < -0.4 is 5.32 Å². The summed E-state index contributed by atoms with van der Waals surface area (Å²) in [7, 11) is 0. The van der Waals surface area contributed by atoms with Gasteiger partial charge in [-0.3, -0.25) is 5.32 Å². The summed E-state index contributed by atoms with van der Waals surface area (Å²) in [6.45, 7) is 5.26. The van der Waals surface area contributed by atoms with Crippen LogP contribution in [0, 0.1) is 0 Å². The molecule has 1 rings (SSSR count). The molecule has 0 spiro atoms. The molecule has 0 aliphatic rings. The molecule has 0 aliphatic carbocycles. The Morgan fingerprint density at radius 3 is 2.61 bits per heavy atom. The van der Waals surface area contributed by atoms with Crippen molar-refractivity contribution in [3.05, 3.63) is 23.8 Å². The van der Waals surface area contributed by atoms with Gasteiger partial charge in [0.15, 0.2) is 0 Å². The maximum Gasteiger partial charge on any atom is 0.412 e. The minimum absolute atomic E-state index is 0.0630. The number of anilines is 1. The van der Waals surface area contributed by atoms with Crippen LogP contribution in [0.15, 0.2) is 18.2 Å². The first kappa shape index (κ1) is 14.3. The van der Waals surface area contributed by atoms with E-state index in [1.165, 1.54) is 12.1 Å². The van der Waals surface area contributed by atoms with Crippen LogP contribution in [0.25, 0.3) is 0 Å². The molecule has 0 saturated carbocycles. The molecule has 1 aromatic rings. The summed E-state index contributed by atoms with van der Waals surface area (Å²) in [4.78, 5) is 11.6. The van der Waals surface area contributed by atoms with E-state index in [1.807, 2.05) is 0 Å². The number of aliphatic hydroxyl groups is 1. The van der Waals surface area contributed by atoms with Crippen molar-refractivity contribution in [3.63, 3.8) is 0 Å². The van der Waals surface area contributed by atoms with Crippen LogP contribution in [0.4, 0.5) is 10.5 Å². The number of phenols is 1. The van der Waals surface area contributed by atoms with E-state index in [9.17, 15) is 9.90 Å². The molecule has 0 fully saturated rings. The lowest BCUT2D eigenvalue weighted by atomic mass is 10.1. The molecule has 0 atom stereocenters. The van der Waals surface area contributed by atoms with Gasteiger partial charge in [-0.2, -0.15) is 0 Å². The van der Waals surface area contributed by atoms with E-state index in [-0.39, 0.29) is 12.4 Å². The fourth-order valence-corrected chi connectivity index (χ4v) is 1.44. The van der Waals surface area contributed by atoms with Gasteiger partial charge in [-0.15, -0.1) is 0 Å². The number of amides is 1. The summed E-state index contributed by atoms with van der Waals surface area (Å²) in [5, 5.41) is 20.9. The van der Waals surface area contributed by atoms with E-state index in [1.54, 1.807) is 26.8 Å². The summed E-state index contributed by atoms with van der Waals surface area (Å²) < 4.78 is 5.13. The zero-order valence-corrected chi connectivity index (χ0v) is 10.9. The standard InChI is InChI=1S/C13H19NO4/c1-13(2,3)18-12(17)14-11-5-4-10(16)8-9(11)6-7-15/h4-5,8,15-16H,6-7H2,1-3H3,(H,14,17). The lowest BCUT2D eigenvalue weighted by Gasteiger charge is -2.20. The van der Waals surface area contributed by atoms with Crippen LogP contribution in [0.2, 0.25) is 0 Å². The Morgan fingerprint density at radius 2 is 2.06 bits per heavy atom. The van der Waals surface area contributed by atoms with Gasteiger partial charge in [0.25, 0.3) is 0 Å². The zero-order valence-electron chi connectivity index (χ0n) is 10.9. The van der Waals surface area contributed by atoms with Crippen molar-refractivity contribution >= 4 is 11.8 Å². The predicted octanol–water partition coefficient (Wildman–Crippen LogP) is 2.27. The van der Waals surface area contributed by atoms with Gasteiger partial charge in [0.2, 0.25) is 0 Å². The monoisotopic (exact) mass is 253 g/mol. The molecule has 0 saturated heterocycles. The van der Waals surface area contributed by atoms with Gasteiger partial charge in [0.05, 0.1) is 0 Å². The van der Waals surface area contributed by atoms with Crippen molar-refractivity contribution in [1.29, 1.82) is 0 Å². The maximum absolute atomic E-state index is 11.6. The van der Waals surface area contributed by atoms with Gasteiger partial charge in [0.1, 0.15) is 11.4 Å². The summed E-state index contributed by atoms with van der Waals surface area (Å²) in [5.41, 5.74) is 0.609. The first-order chi connectivity index (χ1) is 8.31. The molecule has 0 radical (unpaired) electrons. The molecule has 0 unspecified atom stereocenters. The van der Waals surface area contributed by atoms with Crippen LogP contribution in [-0.4, -0.2) is 28.5 Å². The van der Waals surface area contributed by atoms with Crippen LogP contribution >= 0.6 is 0 Å². The average molecular weight is 253 g/mol. The maximum atomic E-state index is 11.6. The van der Waals surface area contributed by atoms with E-state index in [2.05, 4.69) is 5.32 Å². The van der Waals surface area contributed by atoms with E-state index in [0.717, 1.165) is 0 Å². The molecule has 1 aromatic carbocycles. The van der Waals surface area contributed by atoms with Gasteiger partial charge in [0, 0.05) is 12.3 Å². The molecule has 5 nitrogen and oxygen atoms in total. The number of nitrogens with one attached hydrogen (secondary N) is 1. The quantitative estimate of drug-likeness (QED) is 0.722. The van der Waals surface area contributed by atoms with Crippen molar-refractivity contribution in [2.24, 2.45) is 0 Å². The van der Waals surface area contributed by atoms with Crippen molar-refractivity contribution < 1.29 is 19.7 Å². The summed E-state index contributed by atoms with van der Waals surface area (Å²) in [6.07, 6.45) is -0.216. The Kier molecular flexibility index (Phi) is 4.55. The first-order valence-electron chi connectivity index (χ1n) is 5.74. The lowest BCUT2D eigenvalue weighted by molar-refractivity contribution is 0.0635. The number of hydrogen-bond acceptors (Lipinski definition) is 4. The predicted molar refractivity (Wildman–Crippen MR) is 68.8 cm³/mol. The van der Waals surface area contributed by atoms with Gasteiger partial charge >= 0.3 is 6.09 Å². The molecular formula is C13H19NO4. The molecule has 5 heteroatoms. The van der Waals surface area contributed by atoms with Gasteiger partial charge in [-0.05, 0) is 51.0 Å². The van der Waals surface area contributed by atoms with E-state index in [4.69, 9.17) is 9.84 Å². The number of benzene rings is 1. The molecule has 3 N–H and O–H groups in total. The number of ether oxygens (including phenoxy) is 1. The minimum Gasteiger partial charge on any atom is -0.508 e. The molecule has 0 bridgehead atoms. The Bertz CT molecular complexity index is 423. The number of phenolic OH excluding ortho intramolecular Hbond substituents is 1. The van der Waals surface area contributed by atoms with E-state index in [0.29, 0.717) is 17.7 Å². The highest BCUT2D eigenvalue weighted by Gasteiger charge is 2.17. The molecular weight excluding hydrogens is 234 g/mol. The molecule has 100 valence electrons. The molecule has 0 heterocycles. The molecule has 0 aromatic heterocycles.